The highest BCUT2D eigenvalue weighted by Gasteiger charge is 2.23. The highest BCUT2D eigenvalue weighted by Crippen LogP contribution is 2.21. The Hall–Kier alpha value is -1.82. The fraction of sp³-hybridized carbons (Fsp3) is 0.417. The number of anilines is 1. The topological polar surface area (TPSA) is 92.9 Å². The summed E-state index contributed by atoms with van der Waals surface area (Å²) in [4.78, 5) is 20.3. The summed E-state index contributed by atoms with van der Waals surface area (Å²) in [5.41, 5.74) is 5.74. The molecule has 1 fully saturated rings. The number of hydrogen-bond donors (Lipinski definition) is 3. The molecule has 0 spiro atoms. The smallest absolute Gasteiger partial charge is 0.256 e. The zero-order valence-corrected chi connectivity index (χ0v) is 11.4. The molecular weight excluding hydrogens is 266 g/mol. The number of amides is 1. The largest absolute Gasteiger partial charge is 0.404 e. The molecule has 0 aromatic carbocycles. The minimum atomic E-state index is -0.267. The van der Waals surface area contributed by atoms with Crippen LogP contribution in [0, 0.1) is 0 Å². The molecule has 0 saturated heterocycles. The van der Waals surface area contributed by atoms with Crippen LogP contribution >= 0.6 is 11.6 Å². The van der Waals surface area contributed by atoms with E-state index in [1.54, 1.807) is 13.1 Å². The van der Waals surface area contributed by atoms with E-state index in [0.717, 1.165) is 19.3 Å². The van der Waals surface area contributed by atoms with Crippen molar-refractivity contribution in [1.82, 2.24) is 15.3 Å². The van der Waals surface area contributed by atoms with Crippen LogP contribution in [-0.4, -0.2) is 29.0 Å². The molecule has 1 heterocycles. The summed E-state index contributed by atoms with van der Waals surface area (Å²) in [5, 5.41) is 6.00. The Morgan fingerprint density at radius 3 is 2.79 bits per heavy atom. The Morgan fingerprint density at radius 2 is 2.26 bits per heavy atom. The number of nitrogens with zero attached hydrogens (tertiary/aromatic N) is 2. The van der Waals surface area contributed by atoms with E-state index < -0.39 is 0 Å². The summed E-state index contributed by atoms with van der Waals surface area (Å²) in [6, 6.07) is 1.80. The van der Waals surface area contributed by atoms with Crippen LogP contribution in [0.4, 0.5) is 5.82 Å². The summed E-state index contributed by atoms with van der Waals surface area (Å²) in [6.07, 6.45) is 4.35. The Bertz CT molecular complexity index is 513. The van der Waals surface area contributed by atoms with Gasteiger partial charge in [-0.3, -0.25) is 4.79 Å². The number of rotatable bonds is 4. The highest BCUT2D eigenvalue weighted by atomic mass is 35.5. The molecule has 102 valence electrons. The molecular formula is C12H16ClN5O. The summed E-state index contributed by atoms with van der Waals surface area (Å²) in [6.45, 7) is 0. The first-order valence-corrected chi connectivity index (χ1v) is 6.47. The van der Waals surface area contributed by atoms with Gasteiger partial charge < -0.3 is 16.4 Å². The first kappa shape index (κ1) is 13.6. The number of nitrogens with two attached hydrogens (primary N) is 1. The molecule has 0 bridgehead atoms. The molecule has 1 saturated carbocycles. The van der Waals surface area contributed by atoms with Crippen LogP contribution in [-0.2, 0) is 4.79 Å². The van der Waals surface area contributed by atoms with Gasteiger partial charge in [0.2, 0.25) is 0 Å². The van der Waals surface area contributed by atoms with Gasteiger partial charge in [-0.25, -0.2) is 9.97 Å². The van der Waals surface area contributed by atoms with Crippen molar-refractivity contribution in [2.24, 2.45) is 5.73 Å². The van der Waals surface area contributed by atoms with Crippen LogP contribution < -0.4 is 16.4 Å². The molecule has 2 rings (SSSR count). The van der Waals surface area contributed by atoms with Crippen LogP contribution in [0.1, 0.15) is 25.1 Å². The quantitative estimate of drug-likeness (QED) is 0.568. The van der Waals surface area contributed by atoms with E-state index in [1.807, 2.05) is 0 Å². The lowest BCUT2D eigenvalue weighted by Gasteiger charge is -2.26. The van der Waals surface area contributed by atoms with Gasteiger partial charge in [0.1, 0.15) is 11.0 Å². The van der Waals surface area contributed by atoms with Crippen LogP contribution in [0.5, 0.6) is 0 Å². The minimum Gasteiger partial charge on any atom is -0.404 e. The average Bonchev–Trinajstić information content (AvgIpc) is 2.34. The Kier molecular flexibility index (Phi) is 4.21. The van der Waals surface area contributed by atoms with Crippen molar-refractivity contribution in [1.29, 1.82) is 0 Å². The zero-order chi connectivity index (χ0) is 13.8. The number of carbonyl (C=O) groups excluding carboxylic acids is 1. The van der Waals surface area contributed by atoms with Gasteiger partial charge in [-0.1, -0.05) is 11.6 Å². The lowest BCUT2D eigenvalue weighted by Crippen LogP contribution is -2.40. The number of aromatic nitrogens is 2. The second-order valence-corrected chi connectivity index (χ2v) is 4.72. The third-order valence-electron chi connectivity index (χ3n) is 3.04. The van der Waals surface area contributed by atoms with Gasteiger partial charge in [-0.15, -0.1) is 0 Å². The zero-order valence-electron chi connectivity index (χ0n) is 10.6. The fourth-order valence-corrected chi connectivity index (χ4v) is 1.92. The van der Waals surface area contributed by atoms with E-state index in [9.17, 15) is 4.79 Å². The summed E-state index contributed by atoms with van der Waals surface area (Å²) in [7, 11) is 1.71. The van der Waals surface area contributed by atoms with Gasteiger partial charge in [0.05, 0.1) is 5.57 Å². The highest BCUT2D eigenvalue weighted by molar-refractivity contribution is 6.30. The monoisotopic (exact) mass is 281 g/mol. The Morgan fingerprint density at radius 1 is 1.53 bits per heavy atom. The number of carbonyl (C=O) groups is 1. The van der Waals surface area contributed by atoms with Crippen molar-refractivity contribution in [2.75, 3.05) is 12.4 Å². The van der Waals surface area contributed by atoms with Gasteiger partial charge in [0.25, 0.3) is 5.91 Å². The molecule has 1 amide bonds. The molecule has 1 aliphatic carbocycles. The van der Waals surface area contributed by atoms with E-state index in [1.165, 1.54) is 6.20 Å². The second kappa shape index (κ2) is 5.88. The predicted molar refractivity (Wildman–Crippen MR) is 74.5 cm³/mol. The van der Waals surface area contributed by atoms with Crippen molar-refractivity contribution in [3.8, 4) is 0 Å². The van der Waals surface area contributed by atoms with Crippen LogP contribution in [0.2, 0.25) is 5.15 Å². The van der Waals surface area contributed by atoms with Gasteiger partial charge in [-0.05, 0) is 19.3 Å². The van der Waals surface area contributed by atoms with Crippen molar-refractivity contribution in [3.63, 3.8) is 0 Å². The standard InChI is InChI=1S/C12H16ClN5O/c1-15-10-5-9(13)17-11(18-10)8(6-14)12(19)16-7-3-2-4-7/h5-7H,2-4,14H2,1H3,(H,16,19)(H,15,17,18)/b8-6+. The second-order valence-electron chi connectivity index (χ2n) is 4.33. The first-order chi connectivity index (χ1) is 9.13. The third-order valence-corrected chi connectivity index (χ3v) is 3.24. The van der Waals surface area contributed by atoms with Crippen molar-refractivity contribution in [3.05, 3.63) is 23.2 Å². The molecule has 7 heteroatoms. The fourth-order valence-electron chi connectivity index (χ4n) is 1.73. The maximum absolute atomic E-state index is 12.1. The van der Waals surface area contributed by atoms with Crippen molar-refractivity contribution >= 4 is 28.9 Å². The van der Waals surface area contributed by atoms with Crippen molar-refractivity contribution in [2.45, 2.75) is 25.3 Å². The van der Waals surface area contributed by atoms with E-state index in [2.05, 4.69) is 20.6 Å². The maximum atomic E-state index is 12.1. The number of nitrogens with one attached hydrogen (secondary N) is 2. The predicted octanol–water partition coefficient (Wildman–Crippen LogP) is 1.14. The molecule has 0 atom stereocenters. The molecule has 4 N–H and O–H groups in total. The lowest BCUT2D eigenvalue weighted by molar-refractivity contribution is -0.116. The average molecular weight is 282 g/mol. The van der Waals surface area contributed by atoms with Crippen molar-refractivity contribution < 1.29 is 4.79 Å². The molecule has 19 heavy (non-hydrogen) atoms. The van der Waals surface area contributed by atoms with Crippen LogP contribution in [0.3, 0.4) is 0 Å². The summed E-state index contributed by atoms with van der Waals surface area (Å²) < 4.78 is 0. The van der Waals surface area contributed by atoms with E-state index in [4.69, 9.17) is 17.3 Å². The molecule has 0 radical (unpaired) electrons. The molecule has 6 nitrogen and oxygen atoms in total. The van der Waals surface area contributed by atoms with Gasteiger partial charge in [0, 0.05) is 25.4 Å². The third kappa shape index (κ3) is 3.14. The molecule has 0 unspecified atom stereocenters. The summed E-state index contributed by atoms with van der Waals surface area (Å²) >= 11 is 5.89. The van der Waals surface area contributed by atoms with Gasteiger partial charge >= 0.3 is 0 Å². The lowest BCUT2D eigenvalue weighted by atomic mass is 9.93. The van der Waals surface area contributed by atoms with Gasteiger partial charge in [-0.2, -0.15) is 0 Å². The molecule has 1 aliphatic rings. The molecule has 0 aliphatic heterocycles. The summed E-state index contributed by atoms with van der Waals surface area (Å²) in [5.74, 6) is 0.485. The Balaban J connectivity index is 2.21. The SMILES string of the molecule is CNc1cc(Cl)nc(/C(=C\N)C(=O)NC2CCC2)n1. The molecule has 1 aromatic heterocycles. The normalized spacial score (nSPS) is 15.8. The number of halogens is 1. The maximum Gasteiger partial charge on any atom is 0.256 e. The van der Waals surface area contributed by atoms with E-state index >= 15 is 0 Å². The number of hydrogen-bond acceptors (Lipinski definition) is 5. The van der Waals surface area contributed by atoms with Gasteiger partial charge in [0.15, 0.2) is 5.82 Å². The van der Waals surface area contributed by atoms with E-state index in [0.29, 0.717) is 5.82 Å². The minimum absolute atomic E-state index is 0.219. The van der Waals surface area contributed by atoms with E-state index in [-0.39, 0.29) is 28.5 Å². The Labute approximate surface area is 116 Å². The van der Waals surface area contributed by atoms with Crippen LogP contribution in [0.15, 0.2) is 12.3 Å². The van der Waals surface area contributed by atoms with Crippen LogP contribution in [0.25, 0.3) is 5.57 Å². The first-order valence-electron chi connectivity index (χ1n) is 6.09. The molecule has 1 aromatic rings.